The molecular formula is C42H56AlLiN6O5S2. The Balaban J connectivity index is 0.000000244. The molecule has 2 saturated carbocycles. The predicted molar refractivity (Wildman–Crippen MR) is 228 cm³/mol. The third kappa shape index (κ3) is 10.5. The van der Waals surface area contributed by atoms with E-state index in [0.29, 0.717) is 41.5 Å². The van der Waals surface area contributed by atoms with Gasteiger partial charge in [-0.2, -0.15) is 0 Å². The molecule has 2 aromatic heterocycles. The fraction of sp³-hybridized carbons (Fsp3) is 0.452. The van der Waals surface area contributed by atoms with Crippen molar-refractivity contribution in [1.29, 1.82) is 0 Å². The van der Waals surface area contributed by atoms with Gasteiger partial charge in [-0.15, -0.1) is 0 Å². The molecule has 2 aliphatic carbocycles. The Labute approximate surface area is 362 Å². The van der Waals surface area contributed by atoms with Gasteiger partial charge in [-0.1, -0.05) is 38.1 Å². The summed E-state index contributed by atoms with van der Waals surface area (Å²) in [6.45, 7) is 9.53. The first-order valence-corrected chi connectivity index (χ1v) is 22.9. The van der Waals surface area contributed by atoms with Crippen LogP contribution in [-0.2, 0) is 48.5 Å². The van der Waals surface area contributed by atoms with Crippen LogP contribution < -0.4 is 28.3 Å². The van der Waals surface area contributed by atoms with Gasteiger partial charge in [-0.25, -0.2) is 16.8 Å². The number of piperidine rings is 2. The zero-order chi connectivity index (χ0) is 39.0. The van der Waals surface area contributed by atoms with Gasteiger partial charge in [0, 0.05) is 79.6 Å². The first kappa shape index (κ1) is 44.9. The molecule has 4 heterocycles. The summed E-state index contributed by atoms with van der Waals surface area (Å²) in [5, 5.41) is 0. The van der Waals surface area contributed by atoms with E-state index >= 15 is 0 Å². The van der Waals surface area contributed by atoms with Crippen molar-refractivity contribution in [3.63, 3.8) is 0 Å². The number of aryl methyl sites for hydroxylation is 2. The van der Waals surface area contributed by atoms with Crippen LogP contribution in [0.1, 0.15) is 50.4 Å². The molecule has 2 N–H and O–H groups in total. The van der Waals surface area contributed by atoms with Crippen molar-refractivity contribution in [1.82, 2.24) is 19.8 Å². The molecule has 11 nitrogen and oxygen atoms in total. The molecule has 2 saturated heterocycles. The average molecular weight is 823 g/mol. The number of carbonyl (C=O) groups is 1. The molecule has 2 aliphatic heterocycles. The van der Waals surface area contributed by atoms with Gasteiger partial charge in [-0.3, -0.25) is 24.2 Å². The molecule has 4 aliphatic rings. The maximum Gasteiger partial charge on any atom is 1.00 e. The molecule has 57 heavy (non-hydrogen) atoms. The Kier molecular flexibility index (Phi) is 14.2. The minimum Gasteiger partial charge on any atom is -1.00 e. The number of pyridine rings is 2. The quantitative estimate of drug-likeness (QED) is 0.192. The number of rotatable bonds is 13. The number of nitrogens with one attached hydrogen (secondary N) is 2. The molecule has 4 unspecified atom stereocenters. The molecule has 4 aromatic rings. The van der Waals surface area contributed by atoms with Crippen molar-refractivity contribution < 1.29 is 41.9 Å². The van der Waals surface area contributed by atoms with Gasteiger partial charge in [0.2, 0.25) is 26.0 Å². The molecule has 300 valence electrons. The number of benzene rings is 2. The van der Waals surface area contributed by atoms with Gasteiger partial charge in [0.15, 0.2) is 17.4 Å². The van der Waals surface area contributed by atoms with Crippen LogP contribution in [0.2, 0.25) is 0 Å². The minimum atomic E-state index is -3.29. The Morgan fingerprint density at radius 2 is 1.12 bits per heavy atom. The number of likely N-dealkylation sites (tertiary alicyclic amines) is 2. The van der Waals surface area contributed by atoms with Crippen LogP contribution in [0.4, 0.5) is 11.4 Å². The van der Waals surface area contributed by atoms with Crippen molar-refractivity contribution in [2.45, 2.75) is 50.4 Å². The monoisotopic (exact) mass is 822 g/mol. The van der Waals surface area contributed by atoms with Crippen LogP contribution in [0.25, 0.3) is 0 Å². The van der Waals surface area contributed by atoms with Gasteiger partial charge in [0.1, 0.15) is 0 Å². The summed E-state index contributed by atoms with van der Waals surface area (Å²) in [4.78, 5) is 25.2. The van der Waals surface area contributed by atoms with Crippen molar-refractivity contribution in [2.75, 3.05) is 54.7 Å². The molecule has 0 spiro atoms. The summed E-state index contributed by atoms with van der Waals surface area (Å²) in [6.07, 6.45) is 13.1. The Bertz CT molecular complexity index is 2220. The average Bonchev–Trinajstić information content (AvgIpc) is 3.62. The van der Waals surface area contributed by atoms with Crippen LogP contribution in [-0.4, -0.2) is 105 Å². The maximum atomic E-state index is 12.6. The number of amides is 1. The van der Waals surface area contributed by atoms with E-state index in [2.05, 4.69) is 62.4 Å². The van der Waals surface area contributed by atoms with Gasteiger partial charge < -0.3 is 11.2 Å². The van der Waals surface area contributed by atoms with Crippen molar-refractivity contribution in [3.8, 4) is 0 Å². The van der Waals surface area contributed by atoms with E-state index in [0.717, 1.165) is 62.9 Å². The fourth-order valence-electron chi connectivity index (χ4n) is 9.36. The second kappa shape index (κ2) is 18.0. The normalized spacial score (nSPS) is 25.7. The molecule has 0 radical (unpaired) electrons. The Morgan fingerprint density at radius 1 is 0.702 bits per heavy atom. The van der Waals surface area contributed by atoms with Gasteiger partial charge in [0.05, 0.1) is 12.5 Å². The number of sulfonamides is 2. The first-order valence-electron chi connectivity index (χ1n) is 19.1. The second-order valence-corrected chi connectivity index (χ2v) is 19.8. The topological polar surface area (TPSA) is 142 Å². The SMILES string of the molecule is CC1(c2cccc(NS(C)(=O)=O)c2)C2CN(C(=O)CCc3ccncc3)CC21.CC1(c2cccc(NS(C)(=O)=O)c2)C2CN(CCCc3ccncc3)CC21.[AlH3].[H-].[Li+]. The zero-order valence-corrected chi connectivity index (χ0v) is 34.7. The van der Waals surface area contributed by atoms with E-state index in [-0.39, 0.29) is 54.4 Å². The van der Waals surface area contributed by atoms with Crippen LogP contribution in [0.3, 0.4) is 0 Å². The van der Waals surface area contributed by atoms with Crippen LogP contribution in [0.5, 0.6) is 0 Å². The summed E-state index contributed by atoms with van der Waals surface area (Å²) in [5.74, 6) is 2.43. The summed E-state index contributed by atoms with van der Waals surface area (Å²) in [5.41, 5.74) is 6.32. The number of anilines is 2. The smallest absolute Gasteiger partial charge is 1.00 e. The van der Waals surface area contributed by atoms with E-state index in [9.17, 15) is 21.6 Å². The summed E-state index contributed by atoms with van der Waals surface area (Å²) < 4.78 is 51.1. The van der Waals surface area contributed by atoms with E-state index in [1.807, 2.05) is 59.8 Å². The Morgan fingerprint density at radius 3 is 1.56 bits per heavy atom. The third-order valence-corrected chi connectivity index (χ3v) is 13.8. The number of hydrogen-bond acceptors (Lipinski definition) is 8. The van der Waals surface area contributed by atoms with Gasteiger partial charge in [0.25, 0.3) is 0 Å². The molecular weight excluding hydrogens is 767 g/mol. The predicted octanol–water partition coefficient (Wildman–Crippen LogP) is 1.27. The van der Waals surface area contributed by atoms with Crippen LogP contribution in [0, 0.1) is 23.7 Å². The number of carbonyl (C=O) groups excluding carboxylic acids is 1. The number of nitrogens with zero attached hydrogens (tertiary/aromatic N) is 4. The number of fused-ring (bicyclic) bond motifs is 2. The molecule has 8 rings (SSSR count). The minimum absolute atomic E-state index is 0. The largest absolute Gasteiger partial charge is 1.00 e. The van der Waals surface area contributed by atoms with E-state index in [4.69, 9.17) is 0 Å². The van der Waals surface area contributed by atoms with E-state index in [1.165, 1.54) is 23.8 Å². The summed E-state index contributed by atoms with van der Waals surface area (Å²) in [6, 6.07) is 23.6. The summed E-state index contributed by atoms with van der Waals surface area (Å²) >= 11 is 0. The standard InChI is InChI=1S/C21H25N3O3S.C21H27N3O2S.Al.Li.4H/c1-21(16-4-3-5-17(12-16)23-28(2,26)27)18-13-24(14-19(18)21)20(25)7-6-15-8-10-22-11-9-15;1-21(17-6-3-7-18(13-17)23-27(2,25)26)19-14-24(15-20(19)21)12-4-5-16-8-10-22-11-9-16;;;;;;/h3-5,8-12,18-19,23H,6-7,13-14H2,1-2H3;3,6-11,13,19-20,23H,4-5,12,14-15H2,1-2H3;;;;;;/q;;;+1;;;;-1. The van der Waals surface area contributed by atoms with Gasteiger partial charge >= 0.3 is 18.9 Å². The summed E-state index contributed by atoms with van der Waals surface area (Å²) in [7, 11) is -6.54. The maximum absolute atomic E-state index is 12.6. The van der Waals surface area contributed by atoms with Crippen molar-refractivity contribution >= 4 is 54.7 Å². The van der Waals surface area contributed by atoms with Crippen LogP contribution in [0.15, 0.2) is 97.6 Å². The third-order valence-electron chi connectivity index (χ3n) is 12.6. The molecule has 4 fully saturated rings. The van der Waals surface area contributed by atoms with Crippen LogP contribution >= 0.6 is 0 Å². The first-order chi connectivity index (χ1) is 26.1. The Hall–Kier alpha value is -3.20. The van der Waals surface area contributed by atoms with E-state index in [1.54, 1.807) is 18.5 Å². The number of aromatic nitrogens is 2. The van der Waals surface area contributed by atoms with Gasteiger partial charge in [-0.05, 0) is 120 Å². The molecule has 0 bridgehead atoms. The fourth-order valence-corrected chi connectivity index (χ4v) is 10.5. The zero-order valence-electron chi connectivity index (χ0n) is 34.1. The van der Waals surface area contributed by atoms with Crippen molar-refractivity contribution in [2.24, 2.45) is 23.7 Å². The molecule has 15 heteroatoms. The number of hydrogen-bond donors (Lipinski definition) is 2. The molecule has 2 aromatic carbocycles. The second-order valence-electron chi connectivity index (χ2n) is 16.3. The molecule has 1 amide bonds. The molecule has 4 atom stereocenters. The van der Waals surface area contributed by atoms with E-state index < -0.39 is 20.0 Å². The van der Waals surface area contributed by atoms with Crippen molar-refractivity contribution in [3.05, 3.63) is 120 Å².